The van der Waals surface area contributed by atoms with E-state index in [4.69, 9.17) is 8.83 Å². The van der Waals surface area contributed by atoms with Crippen molar-refractivity contribution in [1.82, 2.24) is 0 Å². The third kappa shape index (κ3) is 7.06. The Kier molecular flexibility index (Phi) is 10.4. The van der Waals surface area contributed by atoms with Crippen molar-refractivity contribution in [1.29, 1.82) is 0 Å². The maximum Gasteiger partial charge on any atom is 0.159 e. The molecule has 73 heavy (non-hydrogen) atoms. The van der Waals surface area contributed by atoms with Gasteiger partial charge in [-0.15, -0.1) is 11.3 Å². The zero-order valence-electron chi connectivity index (χ0n) is 41.1. The SMILES string of the molecule is C1=c2c(oc3ccccc23)=C(N(c2ccc(C3CCCCC3)cc2)c2cc3sc4cc(N(c5ccc(C6CCCCC6)cc5)c5cccc6c5oc5ccccc56)c5ccccc5c4c3c3ccccc23)CC1. The average Bonchev–Trinajstić information content (AvgIpc) is 4.16. The molecule has 3 aromatic heterocycles. The maximum absolute atomic E-state index is 6.91. The Morgan fingerprint density at radius 3 is 1.51 bits per heavy atom. The fourth-order valence-electron chi connectivity index (χ4n) is 13.4. The zero-order chi connectivity index (χ0) is 48.0. The molecule has 15 rings (SSSR count). The van der Waals surface area contributed by atoms with E-state index >= 15 is 0 Å². The van der Waals surface area contributed by atoms with Crippen LogP contribution in [0.2, 0.25) is 0 Å². The van der Waals surface area contributed by atoms with Crippen molar-refractivity contribution in [3.8, 4) is 0 Å². The van der Waals surface area contributed by atoms with Crippen LogP contribution in [0.15, 0.2) is 185 Å². The van der Waals surface area contributed by atoms with Gasteiger partial charge < -0.3 is 18.6 Å². The minimum atomic E-state index is 0.623. The molecular weight excluding hydrogens is 909 g/mol. The van der Waals surface area contributed by atoms with Crippen LogP contribution in [-0.2, 0) is 0 Å². The molecule has 3 aliphatic rings. The largest absolute Gasteiger partial charge is 0.454 e. The Balaban J connectivity index is 0.973. The molecule has 0 amide bonds. The number of benzene rings is 9. The molecule has 5 heteroatoms. The van der Waals surface area contributed by atoms with Gasteiger partial charge in [-0.05, 0) is 127 Å². The summed E-state index contributed by atoms with van der Waals surface area (Å²) in [5.41, 5.74) is 13.5. The zero-order valence-corrected chi connectivity index (χ0v) is 41.9. The lowest BCUT2D eigenvalue weighted by molar-refractivity contribution is 0.443. The molecule has 4 nitrogen and oxygen atoms in total. The number of anilines is 5. The first-order valence-corrected chi connectivity index (χ1v) is 27.7. The van der Waals surface area contributed by atoms with Crippen LogP contribution in [0.5, 0.6) is 0 Å². The van der Waals surface area contributed by atoms with E-state index in [1.165, 1.54) is 145 Å². The van der Waals surface area contributed by atoms with Gasteiger partial charge >= 0.3 is 0 Å². The van der Waals surface area contributed by atoms with E-state index in [2.05, 4.69) is 192 Å². The molecule has 9 aromatic carbocycles. The van der Waals surface area contributed by atoms with Crippen LogP contribution in [0, 0.1) is 0 Å². The number of thiophene rings is 1. The summed E-state index contributed by atoms with van der Waals surface area (Å²) in [7, 11) is 0. The van der Waals surface area contributed by atoms with Crippen LogP contribution in [0.25, 0.3) is 86.4 Å². The second-order valence-electron chi connectivity index (χ2n) is 21.0. The van der Waals surface area contributed by atoms with Gasteiger partial charge in [-0.2, -0.15) is 0 Å². The number of rotatable bonds is 8. The number of hydrogen-bond donors (Lipinski definition) is 0. The molecule has 12 aromatic rings. The molecule has 3 heterocycles. The van der Waals surface area contributed by atoms with Crippen molar-refractivity contribution in [2.45, 2.75) is 88.9 Å². The van der Waals surface area contributed by atoms with Crippen LogP contribution < -0.4 is 20.4 Å². The van der Waals surface area contributed by atoms with Gasteiger partial charge in [0, 0.05) is 63.7 Å². The first kappa shape index (κ1) is 43.0. The minimum Gasteiger partial charge on any atom is -0.454 e. The lowest BCUT2D eigenvalue weighted by atomic mass is 9.84. The summed E-state index contributed by atoms with van der Waals surface area (Å²) in [5, 5.41) is 12.2. The van der Waals surface area contributed by atoms with Crippen LogP contribution in [0.3, 0.4) is 0 Å². The summed E-state index contributed by atoms with van der Waals surface area (Å²) in [6.45, 7) is 0. The molecule has 0 aliphatic heterocycles. The van der Waals surface area contributed by atoms with Crippen LogP contribution in [-0.4, -0.2) is 0 Å². The monoisotopic (exact) mass is 964 g/mol. The molecule has 0 atom stereocenters. The molecule has 0 unspecified atom stereocenters. The third-order valence-corrected chi connectivity index (χ3v) is 18.0. The first-order valence-electron chi connectivity index (χ1n) is 26.9. The third-order valence-electron chi connectivity index (χ3n) is 16.9. The highest BCUT2D eigenvalue weighted by Crippen LogP contribution is 2.52. The maximum atomic E-state index is 6.91. The highest BCUT2D eigenvalue weighted by molar-refractivity contribution is 7.26. The second-order valence-corrected chi connectivity index (χ2v) is 22.1. The molecule has 0 bridgehead atoms. The number of fused-ring (bicyclic) bond motifs is 13. The Morgan fingerprint density at radius 2 is 0.904 bits per heavy atom. The fourth-order valence-corrected chi connectivity index (χ4v) is 14.6. The highest BCUT2D eigenvalue weighted by atomic mass is 32.1. The quantitative estimate of drug-likeness (QED) is 0.152. The Hall–Kier alpha value is -7.60. The number of furan rings is 2. The van der Waals surface area contributed by atoms with E-state index in [0.29, 0.717) is 11.8 Å². The molecule has 3 aliphatic carbocycles. The predicted molar refractivity (Wildman–Crippen MR) is 309 cm³/mol. The van der Waals surface area contributed by atoms with E-state index in [0.717, 1.165) is 62.8 Å². The predicted octanol–water partition coefficient (Wildman–Crippen LogP) is 19.1. The highest BCUT2D eigenvalue weighted by Gasteiger charge is 2.28. The van der Waals surface area contributed by atoms with Crippen LogP contribution in [0.1, 0.15) is 100 Å². The Bertz CT molecular complexity index is 4240. The number of para-hydroxylation sites is 3. The van der Waals surface area contributed by atoms with Crippen LogP contribution in [0.4, 0.5) is 28.4 Å². The molecule has 2 saturated carbocycles. The van der Waals surface area contributed by atoms with Gasteiger partial charge in [-0.1, -0.05) is 166 Å². The molecule has 0 spiro atoms. The molecule has 2 fully saturated rings. The van der Waals surface area contributed by atoms with Gasteiger partial charge in [0.05, 0.1) is 22.8 Å². The summed E-state index contributed by atoms with van der Waals surface area (Å²) < 4.78 is 16.3. The summed E-state index contributed by atoms with van der Waals surface area (Å²) in [6.07, 6.45) is 17.3. The average molecular weight is 965 g/mol. The standard InChI is InChI=1S/C68H56N2O2S/c1-3-17-43(18-4-1)45-33-37-47(38-34-45)69(57-29-15-27-55-51-23-11-13-31-61(51)71-67(55)57)59-41-63-65(53-25-9-7-21-49(53)59)66-54-26-10-8-22-50(54)60(42-64(66)73-63)70(48-39-35-46(36-40-48)44-19-5-2-6-20-44)58-30-16-28-56-52-24-12-14-32-62(52)72-68(56)58/h7-15,21-29,31-44H,1-6,16-20,30H2. The van der Waals surface area contributed by atoms with Crippen LogP contribution >= 0.6 is 11.3 Å². The number of hydrogen-bond acceptors (Lipinski definition) is 5. The Labute approximate surface area is 429 Å². The lowest BCUT2D eigenvalue weighted by Crippen LogP contribution is -2.33. The van der Waals surface area contributed by atoms with Gasteiger partial charge in [-0.3, -0.25) is 0 Å². The molecule has 0 N–H and O–H groups in total. The summed E-state index contributed by atoms with van der Waals surface area (Å²) in [5.74, 6) is 1.26. The Morgan fingerprint density at radius 1 is 0.411 bits per heavy atom. The molecule has 0 saturated heterocycles. The van der Waals surface area contributed by atoms with E-state index in [1.54, 1.807) is 0 Å². The summed E-state index contributed by atoms with van der Waals surface area (Å²) in [6, 6.07) is 66.0. The summed E-state index contributed by atoms with van der Waals surface area (Å²) >= 11 is 1.91. The minimum absolute atomic E-state index is 0.623. The topological polar surface area (TPSA) is 32.8 Å². The van der Waals surface area contributed by atoms with E-state index in [-0.39, 0.29) is 0 Å². The van der Waals surface area contributed by atoms with Crippen molar-refractivity contribution >= 4 is 126 Å². The van der Waals surface area contributed by atoms with Gasteiger partial charge in [-0.25, -0.2) is 0 Å². The molecular formula is C68H56N2O2S. The second kappa shape index (κ2) is 17.6. The molecule has 0 radical (unpaired) electrons. The van der Waals surface area contributed by atoms with E-state index in [9.17, 15) is 0 Å². The van der Waals surface area contributed by atoms with Crippen molar-refractivity contribution in [2.75, 3.05) is 9.80 Å². The van der Waals surface area contributed by atoms with Crippen molar-refractivity contribution in [3.05, 3.63) is 198 Å². The van der Waals surface area contributed by atoms with E-state index in [1.807, 2.05) is 11.3 Å². The normalized spacial score (nSPS) is 15.8. The van der Waals surface area contributed by atoms with Gasteiger partial charge in [0.2, 0.25) is 0 Å². The van der Waals surface area contributed by atoms with Gasteiger partial charge in [0.25, 0.3) is 0 Å². The lowest BCUT2D eigenvalue weighted by Gasteiger charge is -2.30. The van der Waals surface area contributed by atoms with Crippen molar-refractivity contribution < 1.29 is 8.83 Å². The van der Waals surface area contributed by atoms with Gasteiger partial charge in [0.1, 0.15) is 11.2 Å². The fraction of sp³-hybridized carbons (Fsp3) is 0.206. The number of nitrogens with zero attached hydrogens (tertiary/aromatic N) is 2. The van der Waals surface area contributed by atoms with E-state index < -0.39 is 0 Å². The summed E-state index contributed by atoms with van der Waals surface area (Å²) in [4.78, 5) is 5.03. The smallest absolute Gasteiger partial charge is 0.159 e. The van der Waals surface area contributed by atoms with Crippen molar-refractivity contribution in [3.63, 3.8) is 0 Å². The van der Waals surface area contributed by atoms with Gasteiger partial charge in [0.15, 0.2) is 11.0 Å². The first-order chi connectivity index (χ1) is 36.2. The van der Waals surface area contributed by atoms with Crippen molar-refractivity contribution in [2.24, 2.45) is 0 Å². The molecule has 356 valence electrons.